The summed E-state index contributed by atoms with van der Waals surface area (Å²) in [6.07, 6.45) is 2.71. The van der Waals surface area contributed by atoms with Gasteiger partial charge in [0, 0.05) is 16.8 Å². The standard InChI is InChI=1S/C10H16N2S2/c1-8-6-13-10(12-8)14-7-9-3-2-4-11-5-9/h6,9,11H,2-5,7H2,1H3/t9-/m1/s1. The molecule has 1 atom stereocenters. The first kappa shape index (κ1) is 10.5. The third kappa shape index (κ3) is 2.97. The average Bonchev–Trinajstić information content (AvgIpc) is 2.63. The molecule has 78 valence electrons. The Morgan fingerprint density at radius 2 is 2.64 bits per heavy atom. The van der Waals surface area contributed by atoms with Crippen LogP contribution >= 0.6 is 23.1 Å². The van der Waals surface area contributed by atoms with Crippen LogP contribution < -0.4 is 5.32 Å². The van der Waals surface area contributed by atoms with Crippen molar-refractivity contribution in [3.8, 4) is 0 Å². The lowest BCUT2D eigenvalue weighted by molar-refractivity contribution is 0.410. The second-order valence-electron chi connectivity index (χ2n) is 3.78. The van der Waals surface area contributed by atoms with E-state index in [9.17, 15) is 0 Å². The fraction of sp³-hybridized carbons (Fsp3) is 0.700. The predicted octanol–water partition coefficient (Wildman–Crippen LogP) is 2.54. The van der Waals surface area contributed by atoms with Gasteiger partial charge in [0.2, 0.25) is 0 Å². The van der Waals surface area contributed by atoms with Gasteiger partial charge in [0.15, 0.2) is 0 Å². The fourth-order valence-corrected chi connectivity index (χ4v) is 3.67. The molecule has 0 bridgehead atoms. The highest BCUT2D eigenvalue weighted by Crippen LogP contribution is 2.26. The minimum absolute atomic E-state index is 0.845. The Hall–Kier alpha value is -0.0600. The Labute approximate surface area is 93.5 Å². The number of nitrogens with one attached hydrogen (secondary N) is 1. The van der Waals surface area contributed by atoms with E-state index in [-0.39, 0.29) is 0 Å². The lowest BCUT2D eigenvalue weighted by Gasteiger charge is -2.21. The second kappa shape index (κ2) is 5.14. The molecule has 0 spiro atoms. The fourth-order valence-electron chi connectivity index (χ4n) is 1.65. The molecule has 2 nitrogen and oxygen atoms in total. The molecular formula is C10H16N2S2. The number of nitrogens with zero attached hydrogens (tertiary/aromatic N) is 1. The Bertz CT molecular complexity index is 279. The van der Waals surface area contributed by atoms with Gasteiger partial charge in [-0.1, -0.05) is 11.8 Å². The monoisotopic (exact) mass is 228 g/mol. The zero-order valence-electron chi connectivity index (χ0n) is 8.45. The summed E-state index contributed by atoms with van der Waals surface area (Å²) in [5.74, 6) is 2.07. The van der Waals surface area contributed by atoms with Crippen LogP contribution in [0.5, 0.6) is 0 Å². The van der Waals surface area contributed by atoms with E-state index < -0.39 is 0 Å². The molecule has 0 radical (unpaired) electrons. The van der Waals surface area contributed by atoms with E-state index in [1.165, 1.54) is 36.0 Å². The zero-order chi connectivity index (χ0) is 9.80. The maximum absolute atomic E-state index is 4.46. The summed E-state index contributed by atoms with van der Waals surface area (Å²) in [6, 6.07) is 0. The summed E-state index contributed by atoms with van der Waals surface area (Å²) in [7, 11) is 0. The van der Waals surface area contributed by atoms with Crippen molar-refractivity contribution < 1.29 is 0 Å². The number of piperidine rings is 1. The summed E-state index contributed by atoms with van der Waals surface area (Å²) in [4.78, 5) is 4.46. The number of hydrogen-bond acceptors (Lipinski definition) is 4. The van der Waals surface area contributed by atoms with Gasteiger partial charge in [0.05, 0.1) is 0 Å². The maximum atomic E-state index is 4.46. The van der Waals surface area contributed by atoms with Gasteiger partial charge < -0.3 is 5.32 Å². The highest BCUT2D eigenvalue weighted by atomic mass is 32.2. The molecule has 1 aliphatic rings. The highest BCUT2D eigenvalue weighted by Gasteiger charge is 2.13. The topological polar surface area (TPSA) is 24.9 Å². The largest absolute Gasteiger partial charge is 0.316 e. The van der Waals surface area contributed by atoms with Crippen LogP contribution in [0.15, 0.2) is 9.72 Å². The number of aryl methyl sites for hydroxylation is 1. The van der Waals surface area contributed by atoms with Crippen molar-refractivity contribution in [2.75, 3.05) is 18.8 Å². The minimum atomic E-state index is 0.845. The van der Waals surface area contributed by atoms with Crippen LogP contribution in [0.1, 0.15) is 18.5 Å². The van der Waals surface area contributed by atoms with E-state index in [2.05, 4.69) is 22.6 Å². The van der Waals surface area contributed by atoms with E-state index in [0.717, 1.165) is 11.6 Å². The first-order valence-corrected chi connectivity index (χ1v) is 6.97. The Kier molecular flexibility index (Phi) is 3.84. The minimum Gasteiger partial charge on any atom is -0.316 e. The summed E-state index contributed by atoms with van der Waals surface area (Å²) >= 11 is 3.68. The van der Waals surface area contributed by atoms with Crippen LogP contribution in [0.25, 0.3) is 0 Å². The van der Waals surface area contributed by atoms with Gasteiger partial charge in [-0.05, 0) is 38.8 Å². The van der Waals surface area contributed by atoms with E-state index in [4.69, 9.17) is 0 Å². The van der Waals surface area contributed by atoms with Crippen molar-refractivity contribution >= 4 is 23.1 Å². The van der Waals surface area contributed by atoms with Crippen molar-refractivity contribution in [3.05, 3.63) is 11.1 Å². The SMILES string of the molecule is Cc1csc(SC[C@@H]2CCCNC2)n1. The molecule has 1 aliphatic heterocycles. The van der Waals surface area contributed by atoms with Gasteiger partial charge in [-0.3, -0.25) is 0 Å². The molecule has 1 saturated heterocycles. The molecule has 2 heterocycles. The summed E-state index contributed by atoms with van der Waals surface area (Å²) in [5, 5.41) is 5.57. The van der Waals surface area contributed by atoms with Crippen molar-refractivity contribution in [3.63, 3.8) is 0 Å². The van der Waals surface area contributed by atoms with Gasteiger partial charge >= 0.3 is 0 Å². The number of rotatable bonds is 3. The van der Waals surface area contributed by atoms with Gasteiger partial charge in [-0.15, -0.1) is 11.3 Å². The summed E-state index contributed by atoms with van der Waals surface area (Å²) < 4.78 is 1.23. The number of thiazole rings is 1. The van der Waals surface area contributed by atoms with Gasteiger partial charge in [-0.25, -0.2) is 4.98 Å². The molecule has 1 fully saturated rings. The van der Waals surface area contributed by atoms with Crippen LogP contribution in [-0.4, -0.2) is 23.8 Å². The molecule has 2 rings (SSSR count). The molecular weight excluding hydrogens is 212 g/mol. The lowest BCUT2D eigenvalue weighted by atomic mass is 10.0. The molecule has 0 amide bonds. The quantitative estimate of drug-likeness (QED) is 0.805. The first-order chi connectivity index (χ1) is 6.84. The molecule has 0 aromatic carbocycles. The van der Waals surface area contributed by atoms with Gasteiger partial charge in [-0.2, -0.15) is 0 Å². The smallest absolute Gasteiger partial charge is 0.150 e. The molecule has 14 heavy (non-hydrogen) atoms. The van der Waals surface area contributed by atoms with Gasteiger partial charge in [0.25, 0.3) is 0 Å². The average molecular weight is 228 g/mol. The van der Waals surface area contributed by atoms with Crippen molar-refractivity contribution in [2.45, 2.75) is 24.1 Å². The van der Waals surface area contributed by atoms with Crippen LogP contribution in [-0.2, 0) is 0 Å². The lowest BCUT2D eigenvalue weighted by Crippen LogP contribution is -2.30. The van der Waals surface area contributed by atoms with Crippen molar-refractivity contribution in [1.29, 1.82) is 0 Å². The highest BCUT2D eigenvalue weighted by molar-refractivity contribution is 8.01. The summed E-state index contributed by atoms with van der Waals surface area (Å²) in [5.41, 5.74) is 1.15. The van der Waals surface area contributed by atoms with Crippen molar-refractivity contribution in [1.82, 2.24) is 10.3 Å². The predicted molar refractivity (Wildman–Crippen MR) is 63.2 cm³/mol. The van der Waals surface area contributed by atoms with E-state index in [1.807, 2.05) is 11.8 Å². The third-order valence-corrected chi connectivity index (χ3v) is 4.81. The molecule has 1 aromatic rings. The Balaban J connectivity index is 1.76. The maximum Gasteiger partial charge on any atom is 0.150 e. The van der Waals surface area contributed by atoms with Crippen LogP contribution in [0, 0.1) is 12.8 Å². The second-order valence-corrected chi connectivity index (χ2v) is 5.90. The molecule has 0 saturated carbocycles. The van der Waals surface area contributed by atoms with Crippen LogP contribution in [0.2, 0.25) is 0 Å². The normalized spacial score (nSPS) is 22.5. The Morgan fingerprint density at radius 1 is 1.71 bits per heavy atom. The first-order valence-electron chi connectivity index (χ1n) is 5.10. The Morgan fingerprint density at radius 3 is 3.29 bits per heavy atom. The van der Waals surface area contributed by atoms with Gasteiger partial charge in [0.1, 0.15) is 4.34 Å². The van der Waals surface area contributed by atoms with Crippen LogP contribution in [0.4, 0.5) is 0 Å². The summed E-state index contributed by atoms with van der Waals surface area (Å²) in [6.45, 7) is 4.46. The van der Waals surface area contributed by atoms with Crippen LogP contribution in [0.3, 0.4) is 0 Å². The van der Waals surface area contributed by atoms with E-state index >= 15 is 0 Å². The van der Waals surface area contributed by atoms with E-state index in [0.29, 0.717) is 0 Å². The number of thioether (sulfide) groups is 1. The number of hydrogen-bond donors (Lipinski definition) is 1. The third-order valence-electron chi connectivity index (χ3n) is 2.44. The molecule has 1 N–H and O–H groups in total. The van der Waals surface area contributed by atoms with Crippen molar-refractivity contribution in [2.24, 2.45) is 5.92 Å². The number of aromatic nitrogens is 1. The molecule has 4 heteroatoms. The zero-order valence-corrected chi connectivity index (χ0v) is 10.1. The molecule has 0 aliphatic carbocycles. The van der Waals surface area contributed by atoms with E-state index in [1.54, 1.807) is 11.3 Å². The molecule has 0 unspecified atom stereocenters. The molecule has 1 aromatic heterocycles.